The van der Waals surface area contributed by atoms with Crippen LogP contribution in [0.15, 0.2) is 60.8 Å². The van der Waals surface area contributed by atoms with Crippen molar-refractivity contribution in [3.63, 3.8) is 0 Å². The van der Waals surface area contributed by atoms with Gasteiger partial charge < -0.3 is 24.6 Å². The maximum Gasteiger partial charge on any atom is 0.276 e. The van der Waals surface area contributed by atoms with Gasteiger partial charge in [0.2, 0.25) is 0 Å². The Hall–Kier alpha value is -4.11. The van der Waals surface area contributed by atoms with Crippen LogP contribution in [-0.4, -0.2) is 72.3 Å². The predicted molar refractivity (Wildman–Crippen MR) is 140 cm³/mol. The summed E-state index contributed by atoms with van der Waals surface area (Å²) in [4.78, 5) is 22.2. The number of likely N-dealkylation sites (N-methyl/N-ethyl adjacent to an activating group) is 1. The third-order valence-corrected chi connectivity index (χ3v) is 6.58. The standard InChI is InChI=1S/C27H30N6O3/c1-4-31-13-15-32(16-14-31)21-8-6-20(7-9-21)29-27(34)22-18-26-28-12-11-23(33(26)30-22)19-5-10-24(35-2)25(17-19)36-3/h5-12,17-18H,4,13-16H2,1-3H3,(H,29,34). The Morgan fingerprint density at radius 3 is 2.39 bits per heavy atom. The van der Waals surface area contributed by atoms with E-state index in [2.05, 4.69) is 44.3 Å². The first kappa shape index (κ1) is 23.6. The van der Waals surface area contributed by atoms with Gasteiger partial charge in [0.1, 0.15) is 0 Å². The first-order chi connectivity index (χ1) is 17.6. The number of methoxy groups -OCH3 is 2. The summed E-state index contributed by atoms with van der Waals surface area (Å²) in [6, 6.07) is 17.1. The van der Waals surface area contributed by atoms with Crippen molar-refractivity contribution in [3.05, 3.63) is 66.5 Å². The molecule has 0 saturated carbocycles. The Labute approximate surface area is 210 Å². The lowest BCUT2D eigenvalue weighted by molar-refractivity contribution is 0.102. The van der Waals surface area contributed by atoms with E-state index >= 15 is 0 Å². The summed E-state index contributed by atoms with van der Waals surface area (Å²) in [5.41, 5.74) is 4.41. The van der Waals surface area contributed by atoms with Crippen LogP contribution in [0.5, 0.6) is 11.5 Å². The topological polar surface area (TPSA) is 84.2 Å². The molecule has 1 fully saturated rings. The van der Waals surface area contributed by atoms with Crippen LogP contribution in [0.3, 0.4) is 0 Å². The van der Waals surface area contributed by atoms with Crippen molar-refractivity contribution in [2.75, 3.05) is 57.2 Å². The van der Waals surface area contributed by atoms with Crippen LogP contribution in [0.4, 0.5) is 11.4 Å². The van der Waals surface area contributed by atoms with Crippen molar-refractivity contribution in [2.24, 2.45) is 0 Å². The lowest BCUT2D eigenvalue weighted by Gasteiger charge is -2.35. The predicted octanol–water partition coefficient (Wildman–Crippen LogP) is 3.81. The zero-order valence-corrected chi connectivity index (χ0v) is 20.8. The van der Waals surface area contributed by atoms with Crippen LogP contribution in [0, 0.1) is 0 Å². The fourth-order valence-electron chi connectivity index (χ4n) is 4.49. The third-order valence-electron chi connectivity index (χ3n) is 6.58. The molecule has 0 atom stereocenters. The second-order valence-electron chi connectivity index (χ2n) is 8.62. The highest BCUT2D eigenvalue weighted by molar-refractivity contribution is 6.03. The largest absolute Gasteiger partial charge is 0.493 e. The number of aromatic nitrogens is 3. The van der Waals surface area contributed by atoms with Crippen LogP contribution >= 0.6 is 0 Å². The quantitative estimate of drug-likeness (QED) is 0.425. The normalized spacial score (nSPS) is 14.1. The number of anilines is 2. The molecule has 5 rings (SSSR count). The lowest BCUT2D eigenvalue weighted by Crippen LogP contribution is -2.46. The van der Waals surface area contributed by atoms with Crippen molar-refractivity contribution in [1.29, 1.82) is 0 Å². The van der Waals surface area contributed by atoms with Gasteiger partial charge in [0.15, 0.2) is 22.8 Å². The molecular formula is C27H30N6O3. The second-order valence-corrected chi connectivity index (χ2v) is 8.62. The highest BCUT2D eigenvalue weighted by atomic mass is 16.5. The number of carbonyl (C=O) groups is 1. The van der Waals surface area contributed by atoms with E-state index in [0.717, 1.165) is 49.7 Å². The van der Waals surface area contributed by atoms with Crippen LogP contribution in [0.25, 0.3) is 16.9 Å². The van der Waals surface area contributed by atoms with Crippen LogP contribution < -0.4 is 19.7 Å². The summed E-state index contributed by atoms with van der Waals surface area (Å²) in [7, 11) is 3.20. The van der Waals surface area contributed by atoms with Gasteiger partial charge in [-0.15, -0.1) is 0 Å². The van der Waals surface area contributed by atoms with Gasteiger partial charge in [0, 0.05) is 55.4 Å². The summed E-state index contributed by atoms with van der Waals surface area (Å²) in [6.45, 7) is 7.45. The van der Waals surface area contributed by atoms with Gasteiger partial charge in [0.05, 0.1) is 19.9 Å². The lowest BCUT2D eigenvalue weighted by atomic mass is 10.1. The highest BCUT2D eigenvalue weighted by Gasteiger charge is 2.18. The van der Waals surface area contributed by atoms with Gasteiger partial charge in [-0.2, -0.15) is 5.10 Å². The molecule has 0 unspecified atom stereocenters. The molecule has 0 radical (unpaired) electrons. The highest BCUT2D eigenvalue weighted by Crippen LogP contribution is 2.32. The Bertz CT molecular complexity index is 1360. The van der Waals surface area contributed by atoms with Gasteiger partial charge in [-0.05, 0) is 55.1 Å². The van der Waals surface area contributed by atoms with E-state index in [1.807, 2.05) is 36.4 Å². The molecule has 1 saturated heterocycles. The maximum atomic E-state index is 13.0. The zero-order chi connectivity index (χ0) is 25.1. The molecule has 1 amide bonds. The number of nitrogens with one attached hydrogen (secondary N) is 1. The Balaban J connectivity index is 1.33. The average molecular weight is 487 g/mol. The summed E-state index contributed by atoms with van der Waals surface area (Å²) < 4.78 is 12.4. The number of benzene rings is 2. The molecule has 2 aromatic carbocycles. The van der Waals surface area contributed by atoms with E-state index in [4.69, 9.17) is 9.47 Å². The van der Waals surface area contributed by atoms with Gasteiger partial charge >= 0.3 is 0 Å². The number of hydrogen-bond acceptors (Lipinski definition) is 7. The van der Waals surface area contributed by atoms with E-state index in [1.165, 1.54) is 5.69 Å². The van der Waals surface area contributed by atoms with Gasteiger partial charge in [-0.1, -0.05) is 6.92 Å². The molecule has 1 N–H and O–H groups in total. The minimum absolute atomic E-state index is 0.287. The minimum Gasteiger partial charge on any atom is -0.493 e. The molecule has 9 heteroatoms. The van der Waals surface area contributed by atoms with E-state index in [-0.39, 0.29) is 11.6 Å². The number of nitrogens with zero attached hydrogens (tertiary/aromatic N) is 5. The van der Waals surface area contributed by atoms with Crippen molar-refractivity contribution in [1.82, 2.24) is 19.5 Å². The summed E-state index contributed by atoms with van der Waals surface area (Å²) >= 11 is 0. The van der Waals surface area contributed by atoms with Crippen molar-refractivity contribution in [3.8, 4) is 22.8 Å². The van der Waals surface area contributed by atoms with E-state index in [9.17, 15) is 4.79 Å². The molecule has 1 aliphatic heterocycles. The monoisotopic (exact) mass is 486 g/mol. The third kappa shape index (κ3) is 4.70. The van der Waals surface area contributed by atoms with Crippen LogP contribution in [0.1, 0.15) is 17.4 Å². The van der Waals surface area contributed by atoms with E-state index in [0.29, 0.717) is 17.1 Å². The number of ether oxygens (including phenoxy) is 2. The molecule has 0 aliphatic carbocycles. The van der Waals surface area contributed by atoms with Crippen molar-refractivity contribution >= 4 is 22.9 Å². The van der Waals surface area contributed by atoms with Crippen LogP contribution in [0.2, 0.25) is 0 Å². The van der Waals surface area contributed by atoms with Crippen molar-refractivity contribution < 1.29 is 14.3 Å². The van der Waals surface area contributed by atoms with Crippen LogP contribution in [-0.2, 0) is 0 Å². The Morgan fingerprint density at radius 2 is 1.69 bits per heavy atom. The zero-order valence-electron chi connectivity index (χ0n) is 20.8. The molecule has 0 bridgehead atoms. The van der Waals surface area contributed by atoms with E-state index in [1.54, 1.807) is 31.0 Å². The first-order valence-electron chi connectivity index (χ1n) is 12.1. The second kappa shape index (κ2) is 10.2. The number of hydrogen-bond donors (Lipinski definition) is 1. The molecule has 4 aromatic rings. The summed E-state index contributed by atoms with van der Waals surface area (Å²) in [5, 5.41) is 7.50. The average Bonchev–Trinajstić information content (AvgIpc) is 3.38. The molecule has 9 nitrogen and oxygen atoms in total. The summed E-state index contributed by atoms with van der Waals surface area (Å²) in [5.74, 6) is 0.963. The molecule has 186 valence electrons. The summed E-state index contributed by atoms with van der Waals surface area (Å²) in [6.07, 6.45) is 1.70. The van der Waals surface area contributed by atoms with Gasteiger partial charge in [-0.25, -0.2) is 9.50 Å². The maximum absolute atomic E-state index is 13.0. The van der Waals surface area contributed by atoms with Crippen molar-refractivity contribution in [2.45, 2.75) is 6.92 Å². The molecule has 0 spiro atoms. The number of rotatable bonds is 7. The number of fused-ring (bicyclic) bond motifs is 1. The van der Waals surface area contributed by atoms with Gasteiger partial charge in [0.25, 0.3) is 5.91 Å². The minimum atomic E-state index is -0.289. The Kier molecular flexibility index (Phi) is 6.73. The fraction of sp³-hybridized carbons (Fsp3) is 0.296. The molecule has 3 heterocycles. The molecular weight excluding hydrogens is 456 g/mol. The molecule has 36 heavy (non-hydrogen) atoms. The number of amides is 1. The number of carbonyl (C=O) groups excluding carboxylic acids is 1. The van der Waals surface area contributed by atoms with E-state index < -0.39 is 0 Å². The molecule has 1 aliphatic rings. The number of piperazine rings is 1. The first-order valence-corrected chi connectivity index (χ1v) is 12.1. The van der Waals surface area contributed by atoms with Gasteiger partial charge in [-0.3, -0.25) is 4.79 Å². The molecule has 2 aromatic heterocycles. The smallest absolute Gasteiger partial charge is 0.276 e. The Morgan fingerprint density at radius 1 is 0.944 bits per heavy atom. The fourth-order valence-corrected chi connectivity index (χ4v) is 4.49. The SMILES string of the molecule is CCN1CCN(c2ccc(NC(=O)c3cc4nccc(-c5ccc(OC)c(OC)c5)n4n3)cc2)CC1.